The minimum absolute atomic E-state index is 0.445. The van der Waals surface area contributed by atoms with Crippen LogP contribution in [0.3, 0.4) is 0 Å². The van der Waals surface area contributed by atoms with Gasteiger partial charge in [0.25, 0.3) is 0 Å². The molecule has 0 radical (unpaired) electrons. The fourth-order valence-electron chi connectivity index (χ4n) is 1.92. The van der Waals surface area contributed by atoms with Crippen molar-refractivity contribution in [1.29, 1.82) is 0 Å². The van der Waals surface area contributed by atoms with Gasteiger partial charge in [-0.25, -0.2) is 4.98 Å². The van der Waals surface area contributed by atoms with Crippen LogP contribution in [0.4, 0.5) is 0 Å². The fraction of sp³-hybridized carbons (Fsp3) is 0.333. The number of hydrogen-bond donors (Lipinski definition) is 0. The largest absolute Gasteiger partial charge is 0.303 e. The van der Waals surface area contributed by atoms with Crippen LogP contribution in [-0.2, 0) is 17.6 Å². The first kappa shape index (κ1) is 9.90. The Balaban J connectivity index is 2.75. The molecule has 0 unspecified atom stereocenters. The molecule has 78 valence electrons. The molecule has 0 saturated heterocycles. The van der Waals surface area contributed by atoms with Gasteiger partial charge in [0.15, 0.2) is 0 Å². The molecule has 2 rings (SSSR count). The van der Waals surface area contributed by atoms with Gasteiger partial charge in [-0.1, -0.05) is 13.0 Å². The van der Waals surface area contributed by atoms with Crippen molar-refractivity contribution in [2.45, 2.75) is 26.7 Å². The Labute approximate surface area is 88.8 Å². The van der Waals surface area contributed by atoms with Gasteiger partial charge in [0.2, 0.25) is 0 Å². The zero-order chi connectivity index (χ0) is 10.8. The molecule has 0 aliphatic carbocycles. The highest BCUT2D eigenvalue weighted by atomic mass is 16.1. The lowest BCUT2D eigenvalue weighted by Crippen LogP contribution is -2.01. The molecular formula is C12H14N2O. The molecule has 2 aromatic heterocycles. The van der Waals surface area contributed by atoms with Crippen molar-refractivity contribution in [2.75, 3.05) is 0 Å². The SMILES string of the molecule is CCc1nc(C)c2cccc(CC=O)n12. The van der Waals surface area contributed by atoms with E-state index in [1.54, 1.807) is 0 Å². The van der Waals surface area contributed by atoms with Crippen molar-refractivity contribution in [3.8, 4) is 0 Å². The number of aromatic nitrogens is 2. The molecular weight excluding hydrogens is 188 g/mol. The Morgan fingerprint density at radius 2 is 2.27 bits per heavy atom. The third-order valence-electron chi connectivity index (χ3n) is 2.61. The van der Waals surface area contributed by atoms with Gasteiger partial charge in [0, 0.05) is 18.5 Å². The molecule has 3 heteroatoms. The Bertz CT molecular complexity index is 500. The van der Waals surface area contributed by atoms with E-state index in [-0.39, 0.29) is 0 Å². The predicted molar refractivity (Wildman–Crippen MR) is 59.1 cm³/mol. The van der Waals surface area contributed by atoms with Crippen molar-refractivity contribution in [3.63, 3.8) is 0 Å². The zero-order valence-corrected chi connectivity index (χ0v) is 9.03. The smallest absolute Gasteiger partial charge is 0.125 e. The lowest BCUT2D eigenvalue weighted by atomic mass is 10.2. The summed E-state index contributed by atoms with van der Waals surface area (Å²) in [6.45, 7) is 4.07. The van der Waals surface area contributed by atoms with Crippen molar-refractivity contribution in [1.82, 2.24) is 9.38 Å². The third kappa shape index (κ3) is 1.54. The maximum atomic E-state index is 10.6. The molecule has 0 aliphatic heterocycles. The van der Waals surface area contributed by atoms with E-state index in [4.69, 9.17) is 0 Å². The van der Waals surface area contributed by atoms with Crippen LogP contribution in [0.1, 0.15) is 24.1 Å². The first-order chi connectivity index (χ1) is 7.27. The van der Waals surface area contributed by atoms with E-state index >= 15 is 0 Å². The highest BCUT2D eigenvalue weighted by Crippen LogP contribution is 2.15. The first-order valence-electron chi connectivity index (χ1n) is 5.17. The van der Waals surface area contributed by atoms with Crippen LogP contribution < -0.4 is 0 Å². The lowest BCUT2D eigenvalue weighted by molar-refractivity contribution is -0.107. The summed E-state index contributed by atoms with van der Waals surface area (Å²) in [4.78, 5) is 15.1. The van der Waals surface area contributed by atoms with Crippen LogP contribution in [0.2, 0.25) is 0 Å². The number of aryl methyl sites for hydroxylation is 2. The fourth-order valence-corrected chi connectivity index (χ4v) is 1.92. The standard InChI is InChI=1S/C12H14N2O/c1-3-12-13-9(2)11-6-4-5-10(7-8-15)14(11)12/h4-6,8H,3,7H2,1-2H3. The summed E-state index contributed by atoms with van der Waals surface area (Å²) in [7, 11) is 0. The number of carbonyl (C=O) groups excluding carboxylic acids is 1. The number of nitrogens with zero attached hydrogens (tertiary/aromatic N) is 2. The van der Waals surface area contributed by atoms with Gasteiger partial charge < -0.3 is 9.20 Å². The summed E-state index contributed by atoms with van der Waals surface area (Å²) >= 11 is 0. The molecule has 0 atom stereocenters. The van der Waals surface area contributed by atoms with E-state index in [9.17, 15) is 4.79 Å². The van der Waals surface area contributed by atoms with Crippen LogP contribution in [0.25, 0.3) is 5.52 Å². The molecule has 0 bridgehead atoms. The highest BCUT2D eigenvalue weighted by molar-refractivity contribution is 5.58. The van der Waals surface area contributed by atoms with Crippen LogP contribution in [0.15, 0.2) is 18.2 Å². The Morgan fingerprint density at radius 1 is 1.47 bits per heavy atom. The number of hydrogen-bond acceptors (Lipinski definition) is 2. The van der Waals surface area contributed by atoms with Gasteiger partial charge >= 0.3 is 0 Å². The van der Waals surface area contributed by atoms with E-state index in [1.807, 2.05) is 25.1 Å². The summed E-state index contributed by atoms with van der Waals surface area (Å²) < 4.78 is 2.09. The summed E-state index contributed by atoms with van der Waals surface area (Å²) in [6.07, 6.45) is 2.26. The number of pyridine rings is 1. The van der Waals surface area contributed by atoms with Crippen LogP contribution in [0.5, 0.6) is 0 Å². The minimum atomic E-state index is 0.445. The molecule has 0 amide bonds. The molecule has 15 heavy (non-hydrogen) atoms. The molecule has 0 aliphatic rings. The molecule has 0 fully saturated rings. The molecule has 0 aromatic carbocycles. The molecule has 3 nitrogen and oxygen atoms in total. The molecule has 0 N–H and O–H groups in total. The van der Waals surface area contributed by atoms with E-state index in [1.165, 1.54) is 0 Å². The van der Waals surface area contributed by atoms with Crippen molar-refractivity contribution in [3.05, 3.63) is 35.4 Å². The lowest BCUT2D eigenvalue weighted by Gasteiger charge is -2.04. The number of carbonyl (C=O) groups is 1. The van der Waals surface area contributed by atoms with Gasteiger partial charge in [-0.3, -0.25) is 0 Å². The summed E-state index contributed by atoms with van der Waals surface area (Å²) in [5, 5.41) is 0. The van der Waals surface area contributed by atoms with Gasteiger partial charge in [-0.15, -0.1) is 0 Å². The normalized spacial score (nSPS) is 10.8. The second kappa shape index (κ2) is 3.85. The average molecular weight is 202 g/mol. The predicted octanol–water partition coefficient (Wildman–Crippen LogP) is 1.95. The average Bonchev–Trinajstić information content (AvgIpc) is 2.58. The highest BCUT2D eigenvalue weighted by Gasteiger charge is 2.08. The zero-order valence-electron chi connectivity index (χ0n) is 9.03. The second-order valence-electron chi connectivity index (χ2n) is 3.58. The maximum absolute atomic E-state index is 10.6. The number of aldehydes is 1. The van der Waals surface area contributed by atoms with Crippen molar-refractivity contribution < 1.29 is 4.79 Å². The molecule has 2 aromatic rings. The monoisotopic (exact) mass is 202 g/mol. The van der Waals surface area contributed by atoms with Crippen LogP contribution in [-0.4, -0.2) is 15.7 Å². The third-order valence-corrected chi connectivity index (χ3v) is 2.61. The summed E-state index contributed by atoms with van der Waals surface area (Å²) in [5.41, 5.74) is 3.14. The second-order valence-corrected chi connectivity index (χ2v) is 3.58. The quantitative estimate of drug-likeness (QED) is 0.713. The number of imidazole rings is 1. The first-order valence-corrected chi connectivity index (χ1v) is 5.17. The van der Waals surface area contributed by atoms with Crippen molar-refractivity contribution in [2.24, 2.45) is 0 Å². The Morgan fingerprint density at radius 3 is 2.93 bits per heavy atom. The minimum Gasteiger partial charge on any atom is -0.303 e. The van der Waals surface area contributed by atoms with Gasteiger partial charge in [0.1, 0.15) is 12.1 Å². The Kier molecular flexibility index (Phi) is 2.54. The van der Waals surface area contributed by atoms with E-state index in [0.29, 0.717) is 6.42 Å². The summed E-state index contributed by atoms with van der Waals surface area (Å²) in [6, 6.07) is 5.99. The van der Waals surface area contributed by atoms with Gasteiger partial charge in [0.05, 0.1) is 11.2 Å². The molecule has 2 heterocycles. The maximum Gasteiger partial charge on any atom is 0.125 e. The molecule has 0 spiro atoms. The van der Waals surface area contributed by atoms with E-state index < -0.39 is 0 Å². The van der Waals surface area contributed by atoms with Crippen LogP contribution >= 0.6 is 0 Å². The van der Waals surface area contributed by atoms with Gasteiger partial charge in [-0.2, -0.15) is 0 Å². The number of rotatable bonds is 3. The Hall–Kier alpha value is -1.64. The summed E-state index contributed by atoms with van der Waals surface area (Å²) in [5.74, 6) is 1.03. The van der Waals surface area contributed by atoms with Gasteiger partial charge in [-0.05, 0) is 19.1 Å². The number of fused-ring (bicyclic) bond motifs is 1. The van der Waals surface area contributed by atoms with Crippen molar-refractivity contribution >= 4 is 11.8 Å². The molecule has 0 saturated carbocycles. The van der Waals surface area contributed by atoms with Crippen LogP contribution in [0, 0.1) is 6.92 Å². The van der Waals surface area contributed by atoms with E-state index in [2.05, 4.69) is 16.3 Å². The topological polar surface area (TPSA) is 34.4 Å². The van der Waals surface area contributed by atoms with E-state index in [0.717, 1.165) is 35.4 Å².